The van der Waals surface area contributed by atoms with Crippen molar-refractivity contribution >= 4 is 5.97 Å². The Balaban J connectivity index is 3.18. The normalized spacial score (nSPS) is 11.6. The highest BCUT2D eigenvalue weighted by Gasteiger charge is 2.32. The first-order valence-corrected chi connectivity index (χ1v) is 4.83. The van der Waals surface area contributed by atoms with Crippen molar-refractivity contribution in [2.75, 3.05) is 0 Å². The van der Waals surface area contributed by atoms with Crippen LogP contribution >= 0.6 is 0 Å². The summed E-state index contributed by atoms with van der Waals surface area (Å²) in [7, 11) is 0. The van der Waals surface area contributed by atoms with E-state index in [1.165, 1.54) is 6.07 Å². The Bertz CT molecular complexity index is 424. The SMILES string of the molecule is CC(C)c1cc(C(=O)O)ccc1OC(F)(F)F. The summed E-state index contributed by atoms with van der Waals surface area (Å²) in [5.74, 6) is -1.82. The first-order valence-electron chi connectivity index (χ1n) is 4.83. The molecule has 0 atom stereocenters. The van der Waals surface area contributed by atoms with E-state index in [9.17, 15) is 18.0 Å². The zero-order chi connectivity index (χ0) is 13.2. The van der Waals surface area contributed by atoms with Gasteiger partial charge in [0, 0.05) is 0 Å². The lowest BCUT2D eigenvalue weighted by atomic mass is 9.99. The molecule has 94 valence electrons. The van der Waals surface area contributed by atoms with Gasteiger partial charge in [0.15, 0.2) is 0 Å². The number of halogens is 3. The molecule has 1 N–H and O–H groups in total. The number of hydrogen-bond donors (Lipinski definition) is 1. The molecule has 1 aromatic carbocycles. The number of ether oxygens (including phenoxy) is 1. The largest absolute Gasteiger partial charge is 0.573 e. The van der Waals surface area contributed by atoms with Gasteiger partial charge in [0.05, 0.1) is 5.56 Å². The number of aromatic carboxylic acids is 1. The Kier molecular flexibility index (Phi) is 3.65. The van der Waals surface area contributed by atoms with Gasteiger partial charge in [-0.1, -0.05) is 13.8 Å². The van der Waals surface area contributed by atoms with E-state index in [4.69, 9.17) is 5.11 Å². The molecule has 0 saturated carbocycles. The maximum Gasteiger partial charge on any atom is 0.573 e. The molecule has 0 fully saturated rings. The topological polar surface area (TPSA) is 46.5 Å². The summed E-state index contributed by atoms with van der Waals surface area (Å²) in [5.41, 5.74) is 0.144. The van der Waals surface area contributed by atoms with Gasteiger partial charge in [-0.2, -0.15) is 0 Å². The lowest BCUT2D eigenvalue weighted by Crippen LogP contribution is -2.18. The van der Waals surface area contributed by atoms with Crippen molar-refractivity contribution in [3.8, 4) is 5.75 Å². The number of benzene rings is 1. The third-order valence-corrected chi connectivity index (χ3v) is 2.10. The highest BCUT2D eigenvalue weighted by Crippen LogP contribution is 2.31. The molecular formula is C11H11F3O3. The Morgan fingerprint density at radius 1 is 1.35 bits per heavy atom. The molecule has 17 heavy (non-hydrogen) atoms. The minimum absolute atomic E-state index is 0.0665. The Labute approximate surface area is 95.8 Å². The van der Waals surface area contributed by atoms with Crippen molar-refractivity contribution in [2.45, 2.75) is 26.1 Å². The van der Waals surface area contributed by atoms with Gasteiger partial charge < -0.3 is 9.84 Å². The van der Waals surface area contributed by atoms with Gasteiger partial charge in [-0.25, -0.2) is 4.79 Å². The van der Waals surface area contributed by atoms with Crippen molar-refractivity contribution in [2.24, 2.45) is 0 Å². The molecule has 0 aliphatic carbocycles. The van der Waals surface area contributed by atoms with Gasteiger partial charge >= 0.3 is 12.3 Å². The maximum atomic E-state index is 12.1. The molecule has 6 heteroatoms. The molecule has 0 aliphatic heterocycles. The van der Waals surface area contributed by atoms with Crippen LogP contribution in [0.4, 0.5) is 13.2 Å². The van der Waals surface area contributed by atoms with E-state index in [1.54, 1.807) is 13.8 Å². The van der Waals surface area contributed by atoms with Gasteiger partial charge in [-0.15, -0.1) is 13.2 Å². The minimum atomic E-state index is -4.78. The van der Waals surface area contributed by atoms with Gasteiger partial charge in [-0.05, 0) is 29.7 Å². The Morgan fingerprint density at radius 2 is 1.94 bits per heavy atom. The molecule has 0 heterocycles. The van der Waals surface area contributed by atoms with Crippen molar-refractivity contribution in [3.05, 3.63) is 29.3 Å². The predicted molar refractivity (Wildman–Crippen MR) is 54.2 cm³/mol. The Hall–Kier alpha value is -1.72. The van der Waals surface area contributed by atoms with Gasteiger partial charge in [0.1, 0.15) is 5.75 Å². The van der Waals surface area contributed by atoms with Gasteiger partial charge in [0.25, 0.3) is 0 Å². The summed E-state index contributed by atoms with van der Waals surface area (Å²) >= 11 is 0. The molecule has 0 aromatic heterocycles. The van der Waals surface area contributed by atoms with Crippen LogP contribution in [0.1, 0.15) is 35.7 Å². The number of carboxylic acid groups (broad SMARTS) is 1. The van der Waals surface area contributed by atoms with Crippen LogP contribution in [0.25, 0.3) is 0 Å². The van der Waals surface area contributed by atoms with Crippen LogP contribution in [0, 0.1) is 0 Å². The molecule has 0 bridgehead atoms. The second kappa shape index (κ2) is 4.65. The fraction of sp³-hybridized carbons (Fsp3) is 0.364. The van der Waals surface area contributed by atoms with E-state index < -0.39 is 12.3 Å². The Morgan fingerprint density at radius 3 is 2.35 bits per heavy atom. The summed E-state index contributed by atoms with van der Waals surface area (Å²) in [5, 5.41) is 8.75. The van der Waals surface area contributed by atoms with Gasteiger partial charge in [0.2, 0.25) is 0 Å². The zero-order valence-electron chi connectivity index (χ0n) is 9.21. The molecule has 0 unspecified atom stereocenters. The van der Waals surface area contributed by atoms with Crippen LogP contribution < -0.4 is 4.74 Å². The molecule has 0 radical (unpaired) electrons. The van der Waals surface area contributed by atoms with E-state index >= 15 is 0 Å². The van der Waals surface area contributed by atoms with E-state index in [0.717, 1.165) is 12.1 Å². The highest BCUT2D eigenvalue weighted by molar-refractivity contribution is 5.88. The zero-order valence-corrected chi connectivity index (χ0v) is 9.21. The van der Waals surface area contributed by atoms with Crippen LogP contribution in [0.2, 0.25) is 0 Å². The third-order valence-electron chi connectivity index (χ3n) is 2.10. The fourth-order valence-corrected chi connectivity index (χ4v) is 1.35. The minimum Gasteiger partial charge on any atom is -0.478 e. The molecule has 0 aliphatic rings. The molecule has 0 spiro atoms. The highest BCUT2D eigenvalue weighted by atomic mass is 19.4. The molecule has 0 amide bonds. The number of rotatable bonds is 3. The van der Waals surface area contributed by atoms with E-state index in [-0.39, 0.29) is 22.8 Å². The van der Waals surface area contributed by atoms with Crippen molar-refractivity contribution < 1.29 is 27.8 Å². The van der Waals surface area contributed by atoms with Crippen molar-refractivity contribution in [1.29, 1.82) is 0 Å². The van der Waals surface area contributed by atoms with Crippen LogP contribution in [-0.2, 0) is 0 Å². The van der Waals surface area contributed by atoms with Crippen LogP contribution in [0.5, 0.6) is 5.75 Å². The summed E-state index contributed by atoms with van der Waals surface area (Å²) in [6.45, 7) is 3.31. The summed E-state index contributed by atoms with van der Waals surface area (Å²) < 4.78 is 40.2. The maximum absolute atomic E-state index is 12.1. The first kappa shape index (κ1) is 13.3. The molecule has 3 nitrogen and oxygen atoms in total. The lowest BCUT2D eigenvalue weighted by Gasteiger charge is -2.15. The molecule has 1 aromatic rings. The van der Waals surface area contributed by atoms with Crippen LogP contribution in [0.3, 0.4) is 0 Å². The van der Waals surface area contributed by atoms with E-state index in [1.807, 2.05) is 0 Å². The monoisotopic (exact) mass is 248 g/mol. The summed E-state index contributed by atoms with van der Waals surface area (Å²) in [4.78, 5) is 10.7. The number of alkyl halides is 3. The first-order chi connectivity index (χ1) is 7.70. The predicted octanol–water partition coefficient (Wildman–Crippen LogP) is 3.41. The fourth-order valence-electron chi connectivity index (χ4n) is 1.35. The average Bonchev–Trinajstić information content (AvgIpc) is 2.14. The van der Waals surface area contributed by atoms with E-state index in [2.05, 4.69) is 4.74 Å². The van der Waals surface area contributed by atoms with E-state index in [0.29, 0.717) is 0 Å². The quantitative estimate of drug-likeness (QED) is 0.891. The number of carboxylic acids is 1. The summed E-state index contributed by atoms with van der Waals surface area (Å²) in [6, 6.07) is 3.29. The second-order valence-corrected chi connectivity index (χ2v) is 3.76. The van der Waals surface area contributed by atoms with Gasteiger partial charge in [-0.3, -0.25) is 0 Å². The van der Waals surface area contributed by atoms with Crippen LogP contribution in [-0.4, -0.2) is 17.4 Å². The summed E-state index contributed by atoms with van der Waals surface area (Å²) in [6.07, 6.45) is -4.78. The standard InChI is InChI=1S/C11H11F3O3/c1-6(2)8-5-7(10(15)16)3-4-9(8)17-11(12,13)14/h3-6H,1-2H3,(H,15,16). The van der Waals surface area contributed by atoms with Crippen molar-refractivity contribution in [3.63, 3.8) is 0 Å². The molecule has 1 rings (SSSR count). The third kappa shape index (κ3) is 3.65. The second-order valence-electron chi connectivity index (χ2n) is 3.76. The lowest BCUT2D eigenvalue weighted by molar-refractivity contribution is -0.274. The average molecular weight is 248 g/mol. The van der Waals surface area contributed by atoms with Crippen LogP contribution in [0.15, 0.2) is 18.2 Å². The molecular weight excluding hydrogens is 237 g/mol. The number of carbonyl (C=O) groups is 1. The molecule has 0 saturated heterocycles. The number of hydrogen-bond acceptors (Lipinski definition) is 2. The smallest absolute Gasteiger partial charge is 0.478 e. The van der Waals surface area contributed by atoms with Crippen molar-refractivity contribution in [1.82, 2.24) is 0 Å².